The normalized spacial score (nSPS) is 33.5. The summed E-state index contributed by atoms with van der Waals surface area (Å²) < 4.78 is 5.77. The molecular formula is C16H32N2O. The van der Waals surface area contributed by atoms with Crippen LogP contribution in [0.4, 0.5) is 0 Å². The molecule has 3 nitrogen and oxygen atoms in total. The number of hydrogen-bond acceptors (Lipinski definition) is 3. The van der Waals surface area contributed by atoms with Crippen LogP contribution in [0, 0.1) is 11.8 Å². The van der Waals surface area contributed by atoms with E-state index >= 15 is 0 Å². The van der Waals surface area contributed by atoms with E-state index in [1.165, 1.54) is 32.4 Å². The van der Waals surface area contributed by atoms with Gasteiger partial charge in [0.1, 0.15) is 0 Å². The fourth-order valence-corrected chi connectivity index (χ4v) is 3.40. The summed E-state index contributed by atoms with van der Waals surface area (Å²) in [5.41, 5.74) is 0. The van der Waals surface area contributed by atoms with Crippen LogP contribution in [0.3, 0.4) is 0 Å². The molecule has 2 aliphatic heterocycles. The second-order valence-corrected chi connectivity index (χ2v) is 6.99. The van der Waals surface area contributed by atoms with E-state index < -0.39 is 0 Å². The summed E-state index contributed by atoms with van der Waals surface area (Å²) in [6, 6.07) is 1.34. The molecule has 0 aromatic heterocycles. The van der Waals surface area contributed by atoms with Gasteiger partial charge >= 0.3 is 0 Å². The highest BCUT2D eigenvalue weighted by atomic mass is 16.5. The van der Waals surface area contributed by atoms with Crippen molar-refractivity contribution in [2.24, 2.45) is 11.8 Å². The van der Waals surface area contributed by atoms with Gasteiger partial charge in [0.05, 0.1) is 6.10 Å². The van der Waals surface area contributed by atoms with Gasteiger partial charge in [-0.1, -0.05) is 27.7 Å². The van der Waals surface area contributed by atoms with Gasteiger partial charge in [0.15, 0.2) is 0 Å². The van der Waals surface area contributed by atoms with E-state index in [-0.39, 0.29) is 0 Å². The number of rotatable bonds is 5. The van der Waals surface area contributed by atoms with Crippen LogP contribution in [0.15, 0.2) is 0 Å². The molecule has 0 aromatic rings. The fraction of sp³-hybridized carbons (Fsp3) is 1.00. The van der Waals surface area contributed by atoms with Crippen molar-refractivity contribution in [2.45, 2.75) is 65.1 Å². The minimum atomic E-state index is 0.528. The van der Waals surface area contributed by atoms with E-state index in [1.54, 1.807) is 0 Å². The summed E-state index contributed by atoms with van der Waals surface area (Å²) in [7, 11) is 0. The standard InChI is InChI=1S/C16H32N2O/c1-12(2)15-11-18(16(10-17-15)13(3)4)8-7-14-6-5-9-19-14/h12-17H,5-11H2,1-4H3. The van der Waals surface area contributed by atoms with Crippen LogP contribution in [-0.4, -0.2) is 49.3 Å². The van der Waals surface area contributed by atoms with Gasteiger partial charge in [0.2, 0.25) is 0 Å². The number of ether oxygens (including phenoxy) is 1. The Balaban J connectivity index is 1.87. The van der Waals surface area contributed by atoms with Crippen molar-refractivity contribution in [3.8, 4) is 0 Å². The molecule has 3 heteroatoms. The Kier molecular flexibility index (Phi) is 5.67. The summed E-state index contributed by atoms with van der Waals surface area (Å²) in [4.78, 5) is 2.72. The zero-order chi connectivity index (χ0) is 13.8. The molecule has 2 saturated heterocycles. The Morgan fingerprint density at radius 1 is 1.21 bits per heavy atom. The van der Waals surface area contributed by atoms with Crippen LogP contribution in [0.25, 0.3) is 0 Å². The molecular weight excluding hydrogens is 236 g/mol. The van der Waals surface area contributed by atoms with Crippen LogP contribution in [0.1, 0.15) is 47.0 Å². The molecule has 1 N–H and O–H groups in total. The monoisotopic (exact) mass is 268 g/mol. The van der Waals surface area contributed by atoms with Crippen molar-refractivity contribution < 1.29 is 4.74 Å². The molecule has 2 aliphatic rings. The lowest BCUT2D eigenvalue weighted by Crippen LogP contribution is -2.59. The number of hydrogen-bond donors (Lipinski definition) is 1. The van der Waals surface area contributed by atoms with Gasteiger partial charge in [-0.15, -0.1) is 0 Å². The molecule has 3 unspecified atom stereocenters. The molecule has 0 radical (unpaired) electrons. The largest absolute Gasteiger partial charge is 0.378 e. The summed E-state index contributed by atoms with van der Waals surface area (Å²) in [6.07, 6.45) is 4.27. The first-order valence-corrected chi connectivity index (χ1v) is 8.17. The van der Waals surface area contributed by atoms with Crippen LogP contribution in [0.2, 0.25) is 0 Å². The van der Waals surface area contributed by atoms with Gasteiger partial charge in [-0.05, 0) is 31.1 Å². The molecule has 0 spiro atoms. The van der Waals surface area contributed by atoms with Crippen molar-refractivity contribution >= 4 is 0 Å². The second kappa shape index (κ2) is 7.05. The Morgan fingerprint density at radius 2 is 2.00 bits per heavy atom. The van der Waals surface area contributed by atoms with E-state index in [1.807, 2.05) is 0 Å². The van der Waals surface area contributed by atoms with Crippen molar-refractivity contribution in [1.29, 1.82) is 0 Å². The van der Waals surface area contributed by atoms with Gasteiger partial charge in [-0.25, -0.2) is 0 Å². The maximum atomic E-state index is 5.77. The Bertz CT molecular complexity index is 261. The quantitative estimate of drug-likeness (QED) is 0.829. The zero-order valence-corrected chi connectivity index (χ0v) is 13.2. The highest BCUT2D eigenvalue weighted by Gasteiger charge is 2.31. The third-order valence-electron chi connectivity index (χ3n) is 4.83. The van der Waals surface area contributed by atoms with Crippen LogP contribution in [-0.2, 0) is 4.74 Å². The van der Waals surface area contributed by atoms with Crippen molar-refractivity contribution in [3.63, 3.8) is 0 Å². The highest BCUT2D eigenvalue weighted by molar-refractivity contribution is 4.89. The van der Waals surface area contributed by atoms with Crippen LogP contribution < -0.4 is 5.32 Å². The van der Waals surface area contributed by atoms with Crippen LogP contribution >= 0.6 is 0 Å². The van der Waals surface area contributed by atoms with Crippen LogP contribution in [0.5, 0.6) is 0 Å². The lowest BCUT2D eigenvalue weighted by atomic mass is 9.94. The summed E-state index contributed by atoms with van der Waals surface area (Å²) in [5.74, 6) is 1.45. The third-order valence-corrected chi connectivity index (χ3v) is 4.83. The lowest BCUT2D eigenvalue weighted by molar-refractivity contribution is 0.0525. The number of nitrogens with one attached hydrogen (secondary N) is 1. The predicted molar refractivity (Wildman–Crippen MR) is 80.4 cm³/mol. The van der Waals surface area contributed by atoms with E-state index in [0.717, 1.165) is 25.0 Å². The third kappa shape index (κ3) is 4.17. The molecule has 0 bridgehead atoms. The first-order chi connectivity index (χ1) is 9.08. The molecule has 2 heterocycles. The molecule has 112 valence electrons. The van der Waals surface area contributed by atoms with Gasteiger partial charge in [0.25, 0.3) is 0 Å². The summed E-state index contributed by atoms with van der Waals surface area (Å²) in [6.45, 7) is 13.9. The van der Waals surface area contributed by atoms with Crippen molar-refractivity contribution in [2.75, 3.05) is 26.2 Å². The lowest BCUT2D eigenvalue weighted by Gasteiger charge is -2.44. The maximum Gasteiger partial charge on any atom is 0.0588 e. The number of nitrogens with zero attached hydrogens (tertiary/aromatic N) is 1. The molecule has 0 saturated carbocycles. The topological polar surface area (TPSA) is 24.5 Å². The molecule has 2 fully saturated rings. The average molecular weight is 268 g/mol. The molecule has 0 aliphatic carbocycles. The smallest absolute Gasteiger partial charge is 0.0588 e. The minimum absolute atomic E-state index is 0.528. The Morgan fingerprint density at radius 3 is 2.58 bits per heavy atom. The Hall–Kier alpha value is -0.120. The second-order valence-electron chi connectivity index (χ2n) is 6.99. The van der Waals surface area contributed by atoms with Gasteiger partial charge in [-0.2, -0.15) is 0 Å². The molecule has 19 heavy (non-hydrogen) atoms. The van der Waals surface area contributed by atoms with Gasteiger partial charge in [0, 0.05) is 38.3 Å². The number of piperazine rings is 1. The van der Waals surface area contributed by atoms with Gasteiger partial charge in [-0.3, -0.25) is 4.90 Å². The van der Waals surface area contributed by atoms with E-state index in [9.17, 15) is 0 Å². The zero-order valence-electron chi connectivity index (χ0n) is 13.2. The average Bonchev–Trinajstić information content (AvgIpc) is 2.88. The Labute approximate surface area is 119 Å². The highest BCUT2D eigenvalue weighted by Crippen LogP contribution is 2.21. The molecule has 2 rings (SSSR count). The van der Waals surface area contributed by atoms with E-state index in [4.69, 9.17) is 4.74 Å². The summed E-state index contributed by atoms with van der Waals surface area (Å²) >= 11 is 0. The van der Waals surface area contributed by atoms with Crippen molar-refractivity contribution in [1.82, 2.24) is 10.2 Å². The SMILES string of the molecule is CC(C)C1CN(CCC2CCCO2)C(C(C)C)CN1. The van der Waals surface area contributed by atoms with E-state index in [2.05, 4.69) is 37.9 Å². The maximum absolute atomic E-state index is 5.77. The fourth-order valence-electron chi connectivity index (χ4n) is 3.40. The molecule has 0 aromatic carbocycles. The first kappa shape index (κ1) is 15.3. The molecule has 0 amide bonds. The summed E-state index contributed by atoms with van der Waals surface area (Å²) in [5, 5.41) is 3.73. The minimum Gasteiger partial charge on any atom is -0.378 e. The first-order valence-electron chi connectivity index (χ1n) is 8.17. The van der Waals surface area contributed by atoms with Crippen molar-refractivity contribution in [3.05, 3.63) is 0 Å². The van der Waals surface area contributed by atoms with Gasteiger partial charge < -0.3 is 10.1 Å². The molecule has 3 atom stereocenters. The van der Waals surface area contributed by atoms with E-state index in [0.29, 0.717) is 18.2 Å². The predicted octanol–water partition coefficient (Wildman–Crippen LogP) is 2.51.